The Bertz CT molecular complexity index is 980. The van der Waals surface area contributed by atoms with Gasteiger partial charge in [-0.25, -0.2) is 0 Å². The molecule has 0 saturated heterocycles. The van der Waals surface area contributed by atoms with E-state index in [2.05, 4.69) is 23.5 Å². The van der Waals surface area contributed by atoms with Crippen molar-refractivity contribution >= 4 is 40.6 Å². The third kappa shape index (κ3) is 4.93. The van der Waals surface area contributed by atoms with Crippen LogP contribution in [-0.4, -0.2) is 34.2 Å². The minimum absolute atomic E-state index is 0.0534. The fourth-order valence-corrected chi connectivity index (χ4v) is 4.79. The molecule has 0 unspecified atom stereocenters. The number of anilines is 2. The summed E-state index contributed by atoms with van der Waals surface area (Å²) in [4.78, 5) is 40.0. The van der Waals surface area contributed by atoms with Crippen molar-refractivity contribution in [2.45, 2.75) is 70.9 Å². The van der Waals surface area contributed by atoms with E-state index in [1.807, 2.05) is 31.2 Å². The molecule has 1 aromatic carbocycles. The minimum Gasteiger partial charge on any atom is -0.395 e. The van der Waals surface area contributed by atoms with Crippen LogP contribution >= 0.6 is 11.5 Å². The molecule has 1 saturated carbocycles. The molecule has 3 amide bonds. The Hall–Kier alpha value is -2.94. The van der Waals surface area contributed by atoms with Crippen LogP contribution in [0.2, 0.25) is 0 Å². The number of amides is 3. The minimum atomic E-state index is -0.795. The van der Waals surface area contributed by atoms with Crippen LogP contribution < -0.4 is 21.7 Å². The van der Waals surface area contributed by atoms with Gasteiger partial charge in [0, 0.05) is 11.7 Å². The highest BCUT2D eigenvalue weighted by Crippen LogP contribution is 2.30. The highest BCUT2D eigenvalue weighted by atomic mass is 32.1. The molecule has 1 aliphatic rings. The first-order valence-electron chi connectivity index (χ1n) is 11.0. The predicted molar refractivity (Wildman–Crippen MR) is 127 cm³/mol. The van der Waals surface area contributed by atoms with Crippen LogP contribution in [0.5, 0.6) is 0 Å². The number of aromatic nitrogens is 1. The van der Waals surface area contributed by atoms with Gasteiger partial charge in [0.05, 0.1) is 5.69 Å². The summed E-state index contributed by atoms with van der Waals surface area (Å²) in [5, 5.41) is 3.10. The third-order valence-electron chi connectivity index (χ3n) is 5.91. The topological polar surface area (TPSA) is 131 Å². The number of benzene rings is 1. The number of nitrogen functional groups attached to an aromatic ring is 1. The number of nitrogens with zero attached hydrogens (tertiary/aromatic N) is 2. The molecule has 0 bridgehead atoms. The number of hydrogen-bond donors (Lipinski definition) is 3. The van der Waals surface area contributed by atoms with E-state index >= 15 is 0 Å². The molecule has 1 heterocycles. The van der Waals surface area contributed by atoms with E-state index in [4.69, 9.17) is 11.5 Å². The molecule has 1 fully saturated rings. The zero-order chi connectivity index (χ0) is 23.4. The number of nitrogens with one attached hydrogen (secondary N) is 1. The Kier molecular flexibility index (Phi) is 7.50. The van der Waals surface area contributed by atoms with Crippen molar-refractivity contribution in [3.05, 3.63) is 40.4 Å². The van der Waals surface area contributed by atoms with Gasteiger partial charge in [0.2, 0.25) is 5.91 Å². The lowest BCUT2D eigenvalue weighted by atomic mass is 10.0. The second-order valence-corrected chi connectivity index (χ2v) is 9.25. The molecule has 2 aromatic rings. The van der Waals surface area contributed by atoms with E-state index in [9.17, 15) is 14.4 Å². The number of rotatable bonds is 8. The first-order valence-corrected chi connectivity index (χ1v) is 11.8. The van der Waals surface area contributed by atoms with Crippen LogP contribution in [0.25, 0.3) is 0 Å². The highest BCUT2D eigenvalue weighted by molar-refractivity contribution is 7.09. The summed E-state index contributed by atoms with van der Waals surface area (Å²) in [5.74, 6) is -1.13. The summed E-state index contributed by atoms with van der Waals surface area (Å²) in [5.41, 5.74) is 12.9. The van der Waals surface area contributed by atoms with Crippen LogP contribution in [0.4, 0.5) is 11.4 Å². The molecule has 0 radical (unpaired) electrons. The van der Waals surface area contributed by atoms with Crippen molar-refractivity contribution in [2.75, 3.05) is 10.6 Å². The maximum absolute atomic E-state index is 13.6. The molecule has 1 aromatic heterocycles. The molecule has 5 N–H and O–H groups in total. The van der Waals surface area contributed by atoms with E-state index in [1.165, 1.54) is 4.90 Å². The van der Waals surface area contributed by atoms with Crippen LogP contribution in [0.1, 0.15) is 84.5 Å². The maximum atomic E-state index is 13.6. The molecule has 9 heteroatoms. The van der Waals surface area contributed by atoms with Crippen LogP contribution in [-0.2, 0) is 4.79 Å². The van der Waals surface area contributed by atoms with Gasteiger partial charge in [-0.3, -0.25) is 19.3 Å². The van der Waals surface area contributed by atoms with Gasteiger partial charge in [-0.1, -0.05) is 45.7 Å². The van der Waals surface area contributed by atoms with E-state index in [0.29, 0.717) is 18.0 Å². The fraction of sp³-hybridized carbons (Fsp3) is 0.478. The molecule has 1 atom stereocenters. The molecule has 1 aliphatic carbocycles. The average Bonchev–Trinajstić information content (AvgIpc) is 3.40. The van der Waals surface area contributed by atoms with Gasteiger partial charge in [0.25, 0.3) is 11.8 Å². The molecular formula is C23H31N5O3S. The fourth-order valence-electron chi connectivity index (χ4n) is 4.05. The number of hydrogen-bond acceptors (Lipinski definition) is 6. The first kappa shape index (κ1) is 23.7. The summed E-state index contributed by atoms with van der Waals surface area (Å²) in [6.45, 7) is 6.04. The number of nitrogens with two attached hydrogens (primary N) is 2. The molecule has 3 rings (SSSR count). The van der Waals surface area contributed by atoms with Crippen molar-refractivity contribution in [3.8, 4) is 0 Å². The molecule has 0 aliphatic heterocycles. The lowest BCUT2D eigenvalue weighted by molar-refractivity contribution is -0.123. The monoisotopic (exact) mass is 457 g/mol. The largest absolute Gasteiger partial charge is 0.395 e. The predicted octanol–water partition coefficient (Wildman–Crippen LogP) is 3.43. The van der Waals surface area contributed by atoms with Crippen LogP contribution in [0.3, 0.4) is 0 Å². The van der Waals surface area contributed by atoms with Crippen molar-refractivity contribution in [2.24, 2.45) is 5.73 Å². The molecule has 172 valence electrons. The van der Waals surface area contributed by atoms with Gasteiger partial charge in [0.1, 0.15) is 10.9 Å². The van der Waals surface area contributed by atoms with Crippen molar-refractivity contribution in [1.29, 1.82) is 0 Å². The Morgan fingerprint density at radius 1 is 1.19 bits per heavy atom. The van der Waals surface area contributed by atoms with Crippen LogP contribution in [0.15, 0.2) is 24.3 Å². The Labute approximate surface area is 192 Å². The lowest BCUT2D eigenvalue weighted by Gasteiger charge is -2.31. The standard InChI is InChI=1S/C23H31N5O3S/c1-4-17(22(30)26-15-7-5-6-8-15)28(16-11-9-14(10-12-16)13(2)3)23(31)20-18(24)19(21(25)29)27-32-20/h9-13,15,17H,4-8,24H2,1-3H3,(H2,25,29)(H,26,30)/t17-/m1/s1. The van der Waals surface area contributed by atoms with Gasteiger partial charge in [0.15, 0.2) is 5.69 Å². The number of carbonyl (C=O) groups is 3. The summed E-state index contributed by atoms with van der Waals surface area (Å²) >= 11 is 0.817. The van der Waals surface area contributed by atoms with E-state index in [0.717, 1.165) is 42.8 Å². The van der Waals surface area contributed by atoms with Gasteiger partial charge >= 0.3 is 0 Å². The maximum Gasteiger partial charge on any atom is 0.272 e. The summed E-state index contributed by atoms with van der Waals surface area (Å²) < 4.78 is 3.96. The van der Waals surface area contributed by atoms with E-state index in [-0.39, 0.29) is 28.2 Å². The molecule has 0 spiro atoms. The van der Waals surface area contributed by atoms with Gasteiger partial charge in [-0.05, 0) is 54.4 Å². The van der Waals surface area contributed by atoms with Gasteiger partial charge in [-0.2, -0.15) is 4.37 Å². The van der Waals surface area contributed by atoms with Crippen molar-refractivity contribution in [1.82, 2.24) is 9.69 Å². The van der Waals surface area contributed by atoms with E-state index in [1.54, 1.807) is 0 Å². The Morgan fingerprint density at radius 2 is 1.81 bits per heavy atom. The van der Waals surface area contributed by atoms with Gasteiger partial charge < -0.3 is 16.8 Å². The summed E-state index contributed by atoms with van der Waals surface area (Å²) in [7, 11) is 0. The molecule has 8 nitrogen and oxygen atoms in total. The summed E-state index contributed by atoms with van der Waals surface area (Å²) in [6, 6.07) is 6.98. The third-order valence-corrected chi connectivity index (χ3v) is 6.77. The lowest BCUT2D eigenvalue weighted by Crippen LogP contribution is -2.51. The van der Waals surface area contributed by atoms with Crippen LogP contribution in [0, 0.1) is 0 Å². The van der Waals surface area contributed by atoms with Gasteiger partial charge in [-0.15, -0.1) is 0 Å². The quantitative estimate of drug-likeness (QED) is 0.559. The SMILES string of the molecule is CC[C@H](C(=O)NC1CCCC1)N(C(=O)c1snc(C(N)=O)c1N)c1ccc(C(C)C)cc1. The second-order valence-electron chi connectivity index (χ2n) is 8.47. The smallest absolute Gasteiger partial charge is 0.272 e. The highest BCUT2D eigenvalue weighted by Gasteiger charge is 2.34. The normalized spacial score (nSPS) is 15.0. The zero-order valence-electron chi connectivity index (χ0n) is 18.8. The molecule has 32 heavy (non-hydrogen) atoms. The zero-order valence-corrected chi connectivity index (χ0v) is 19.6. The molecular weight excluding hydrogens is 426 g/mol. The van der Waals surface area contributed by atoms with Crippen molar-refractivity contribution in [3.63, 3.8) is 0 Å². The first-order chi connectivity index (χ1) is 15.2. The second kappa shape index (κ2) is 10.1. The average molecular weight is 458 g/mol. The number of carbonyl (C=O) groups excluding carboxylic acids is 3. The van der Waals surface area contributed by atoms with E-state index < -0.39 is 17.9 Å². The summed E-state index contributed by atoms with van der Waals surface area (Å²) in [6.07, 6.45) is 4.49. The Balaban J connectivity index is 2.00. The Morgan fingerprint density at radius 3 is 2.31 bits per heavy atom. The number of primary amides is 1. The van der Waals surface area contributed by atoms with Crippen molar-refractivity contribution < 1.29 is 14.4 Å².